The van der Waals surface area contributed by atoms with Crippen molar-refractivity contribution in [3.05, 3.63) is 0 Å². The van der Waals surface area contributed by atoms with Gasteiger partial charge in [0.15, 0.2) is 0 Å². The summed E-state index contributed by atoms with van der Waals surface area (Å²) in [4.78, 5) is 34.3. The van der Waals surface area contributed by atoms with Crippen LogP contribution in [0.5, 0.6) is 0 Å². The molecule has 0 rings (SSSR count). The van der Waals surface area contributed by atoms with Crippen LogP contribution in [-0.2, 0) is 19.1 Å². The van der Waals surface area contributed by atoms with Crippen LogP contribution < -0.4 is 5.32 Å². The normalized spacial score (nSPS) is 12.4. The lowest BCUT2D eigenvalue weighted by molar-refractivity contribution is -0.147. The van der Waals surface area contributed by atoms with Gasteiger partial charge in [0.05, 0.1) is 6.61 Å². The lowest BCUT2D eigenvalue weighted by Gasteiger charge is -2.22. The maximum Gasteiger partial charge on any atom is 0.408 e. The van der Waals surface area contributed by atoms with Crippen LogP contribution in [0.15, 0.2) is 0 Å². The zero-order valence-corrected chi connectivity index (χ0v) is 13.8. The molecule has 0 aliphatic heterocycles. The van der Waals surface area contributed by atoms with Crippen LogP contribution in [0.1, 0.15) is 59.8 Å². The Morgan fingerprint density at radius 1 is 1.18 bits per heavy atom. The van der Waals surface area contributed by atoms with E-state index in [0.717, 1.165) is 19.3 Å². The Bertz CT molecular complexity index is 375. The number of nitrogens with one attached hydrogen (secondary N) is 1. The lowest BCUT2D eigenvalue weighted by Crippen LogP contribution is -2.44. The van der Waals surface area contributed by atoms with E-state index in [0.29, 0.717) is 0 Å². The quantitative estimate of drug-likeness (QED) is 0.500. The molecule has 0 spiro atoms. The van der Waals surface area contributed by atoms with Gasteiger partial charge in [-0.2, -0.15) is 0 Å². The van der Waals surface area contributed by atoms with Crippen molar-refractivity contribution in [2.75, 3.05) is 6.61 Å². The second kappa shape index (κ2) is 10.0. The number of esters is 1. The molecular formula is C15H27NO6. The molecule has 0 saturated heterocycles. The Morgan fingerprint density at radius 2 is 1.82 bits per heavy atom. The highest BCUT2D eigenvalue weighted by Gasteiger charge is 2.26. The summed E-state index contributed by atoms with van der Waals surface area (Å²) in [6.07, 6.45) is 1.61. The number of alkyl carbamates (subject to hydrolysis) is 1. The van der Waals surface area contributed by atoms with Crippen molar-refractivity contribution in [3.63, 3.8) is 0 Å². The van der Waals surface area contributed by atoms with E-state index in [9.17, 15) is 14.4 Å². The van der Waals surface area contributed by atoms with Gasteiger partial charge in [-0.1, -0.05) is 19.8 Å². The van der Waals surface area contributed by atoms with Crippen LogP contribution in [0.4, 0.5) is 4.79 Å². The summed E-state index contributed by atoms with van der Waals surface area (Å²) in [5.74, 6) is -1.68. The minimum absolute atomic E-state index is 0.0405. The average Bonchev–Trinajstić information content (AvgIpc) is 2.37. The summed E-state index contributed by atoms with van der Waals surface area (Å²) in [7, 11) is 0. The van der Waals surface area contributed by atoms with Crippen molar-refractivity contribution in [1.82, 2.24) is 5.32 Å². The summed E-state index contributed by atoms with van der Waals surface area (Å²) in [6.45, 7) is 7.37. The maximum absolute atomic E-state index is 11.9. The van der Waals surface area contributed by atoms with Crippen molar-refractivity contribution in [2.24, 2.45) is 0 Å². The molecule has 0 aromatic carbocycles. The molecule has 7 nitrogen and oxygen atoms in total. The molecule has 0 aliphatic carbocycles. The van der Waals surface area contributed by atoms with Gasteiger partial charge < -0.3 is 19.9 Å². The van der Waals surface area contributed by atoms with E-state index in [-0.39, 0.29) is 19.4 Å². The predicted molar refractivity (Wildman–Crippen MR) is 80.5 cm³/mol. The zero-order chi connectivity index (χ0) is 17.2. The highest BCUT2D eigenvalue weighted by atomic mass is 16.6. The number of hydrogen-bond donors (Lipinski definition) is 2. The van der Waals surface area contributed by atoms with Crippen LogP contribution in [-0.4, -0.2) is 41.4 Å². The van der Waals surface area contributed by atoms with Crippen molar-refractivity contribution >= 4 is 18.0 Å². The Kier molecular flexibility index (Phi) is 9.21. The van der Waals surface area contributed by atoms with Gasteiger partial charge in [-0.05, 0) is 33.6 Å². The summed E-state index contributed by atoms with van der Waals surface area (Å²) in [6, 6.07) is -1.02. The second-order valence-corrected chi connectivity index (χ2v) is 6.01. The van der Waals surface area contributed by atoms with E-state index in [4.69, 9.17) is 14.6 Å². The summed E-state index contributed by atoms with van der Waals surface area (Å²) < 4.78 is 10.1. The van der Waals surface area contributed by atoms with Crippen molar-refractivity contribution < 1.29 is 29.0 Å². The highest BCUT2D eigenvalue weighted by molar-refractivity contribution is 5.82. The summed E-state index contributed by atoms with van der Waals surface area (Å²) in [5.41, 5.74) is -0.702. The van der Waals surface area contributed by atoms with Crippen LogP contribution in [0, 0.1) is 0 Å². The van der Waals surface area contributed by atoms with Gasteiger partial charge in [-0.15, -0.1) is 0 Å². The standard InChI is InChI=1S/C15H27NO6/c1-5-6-7-10-21-13(19)11(8-9-12(17)18)16-14(20)22-15(2,3)4/h11H,5-10H2,1-4H3,(H,16,20)(H,17,18). The molecule has 0 bridgehead atoms. The predicted octanol–water partition coefficient (Wildman–Crippen LogP) is 2.48. The third-order valence-corrected chi connectivity index (χ3v) is 2.61. The number of carbonyl (C=O) groups excluding carboxylic acids is 2. The fourth-order valence-electron chi connectivity index (χ4n) is 1.59. The van der Waals surface area contributed by atoms with Gasteiger partial charge in [0.1, 0.15) is 11.6 Å². The summed E-state index contributed by atoms with van der Waals surface area (Å²) in [5, 5.41) is 11.1. The third-order valence-electron chi connectivity index (χ3n) is 2.61. The van der Waals surface area contributed by atoms with Crippen LogP contribution in [0.3, 0.4) is 0 Å². The molecule has 0 fully saturated rings. The van der Waals surface area contributed by atoms with Gasteiger partial charge in [-0.25, -0.2) is 9.59 Å². The molecule has 1 amide bonds. The van der Waals surface area contributed by atoms with Gasteiger partial charge in [0, 0.05) is 6.42 Å². The number of amides is 1. The molecule has 0 radical (unpaired) electrons. The first-order chi connectivity index (χ1) is 10.2. The Hall–Kier alpha value is -1.79. The molecule has 128 valence electrons. The molecule has 1 atom stereocenters. The molecule has 0 aliphatic rings. The smallest absolute Gasteiger partial charge is 0.408 e. The van der Waals surface area contributed by atoms with Crippen molar-refractivity contribution in [3.8, 4) is 0 Å². The minimum Gasteiger partial charge on any atom is -0.481 e. The number of aliphatic carboxylic acids is 1. The number of ether oxygens (including phenoxy) is 2. The number of unbranched alkanes of at least 4 members (excludes halogenated alkanes) is 2. The fourth-order valence-corrected chi connectivity index (χ4v) is 1.59. The first kappa shape index (κ1) is 20.2. The molecule has 1 unspecified atom stereocenters. The molecule has 2 N–H and O–H groups in total. The fraction of sp³-hybridized carbons (Fsp3) is 0.800. The molecule has 0 saturated carbocycles. The number of hydrogen-bond acceptors (Lipinski definition) is 5. The number of carbonyl (C=O) groups is 3. The number of carboxylic acid groups (broad SMARTS) is 1. The van der Waals surface area contributed by atoms with Crippen molar-refractivity contribution in [1.29, 1.82) is 0 Å². The molecule has 7 heteroatoms. The molecular weight excluding hydrogens is 290 g/mol. The van der Waals surface area contributed by atoms with Gasteiger partial charge in [0.2, 0.25) is 0 Å². The average molecular weight is 317 g/mol. The third kappa shape index (κ3) is 10.9. The van der Waals surface area contributed by atoms with Crippen molar-refractivity contribution in [2.45, 2.75) is 71.4 Å². The van der Waals surface area contributed by atoms with E-state index >= 15 is 0 Å². The van der Waals surface area contributed by atoms with E-state index in [2.05, 4.69) is 5.32 Å². The van der Waals surface area contributed by atoms with Crippen LogP contribution in [0.25, 0.3) is 0 Å². The SMILES string of the molecule is CCCCCOC(=O)C(CCC(=O)O)NC(=O)OC(C)(C)C. The summed E-state index contributed by atoms with van der Waals surface area (Å²) >= 11 is 0. The van der Waals surface area contributed by atoms with E-state index < -0.39 is 29.7 Å². The highest BCUT2D eigenvalue weighted by Crippen LogP contribution is 2.08. The monoisotopic (exact) mass is 317 g/mol. The molecule has 0 aromatic rings. The Balaban J connectivity index is 4.50. The van der Waals surface area contributed by atoms with Gasteiger partial charge in [0.25, 0.3) is 0 Å². The van der Waals surface area contributed by atoms with E-state index in [1.807, 2.05) is 6.92 Å². The molecule has 0 heterocycles. The Labute approximate surface area is 131 Å². The lowest BCUT2D eigenvalue weighted by atomic mass is 10.1. The topological polar surface area (TPSA) is 102 Å². The number of carboxylic acids is 1. The largest absolute Gasteiger partial charge is 0.481 e. The van der Waals surface area contributed by atoms with Crippen LogP contribution >= 0.6 is 0 Å². The zero-order valence-electron chi connectivity index (χ0n) is 13.8. The second-order valence-electron chi connectivity index (χ2n) is 6.01. The minimum atomic E-state index is -1.05. The van der Waals surface area contributed by atoms with E-state index in [1.54, 1.807) is 20.8 Å². The van der Waals surface area contributed by atoms with Crippen LogP contribution in [0.2, 0.25) is 0 Å². The number of rotatable bonds is 9. The Morgan fingerprint density at radius 3 is 2.32 bits per heavy atom. The molecule has 22 heavy (non-hydrogen) atoms. The van der Waals surface area contributed by atoms with Gasteiger partial charge >= 0.3 is 18.0 Å². The first-order valence-corrected chi connectivity index (χ1v) is 7.53. The maximum atomic E-state index is 11.9. The van der Waals surface area contributed by atoms with E-state index in [1.165, 1.54) is 0 Å². The first-order valence-electron chi connectivity index (χ1n) is 7.53. The molecule has 0 aromatic heterocycles. The van der Waals surface area contributed by atoms with Gasteiger partial charge in [-0.3, -0.25) is 4.79 Å².